The van der Waals surface area contributed by atoms with Crippen molar-refractivity contribution in [2.75, 3.05) is 13.1 Å². The first-order chi connectivity index (χ1) is 7.48. The molecule has 1 aromatic rings. The zero-order chi connectivity index (χ0) is 11.8. The maximum atomic E-state index is 4.49. The second-order valence-electron chi connectivity index (χ2n) is 6.04. The first-order valence-corrected chi connectivity index (χ1v) is 6.22. The van der Waals surface area contributed by atoms with Gasteiger partial charge in [-0.1, -0.05) is 52.0 Å². The lowest BCUT2D eigenvalue weighted by Gasteiger charge is -2.21. The molecule has 2 atom stereocenters. The molecule has 2 rings (SSSR count). The maximum absolute atomic E-state index is 4.49. The van der Waals surface area contributed by atoms with Gasteiger partial charge in [-0.05, 0) is 22.5 Å². The molecule has 1 aliphatic heterocycles. The molecule has 0 aromatic heterocycles. The van der Waals surface area contributed by atoms with Gasteiger partial charge in [-0.2, -0.15) is 0 Å². The highest BCUT2D eigenvalue weighted by Gasteiger charge is 2.25. The Kier molecular flexibility index (Phi) is 3.07. The maximum Gasteiger partial charge on any atom is 0.0205 e. The molecule has 2 unspecified atom stereocenters. The highest BCUT2D eigenvalue weighted by Crippen LogP contribution is 2.30. The van der Waals surface area contributed by atoms with E-state index in [0.717, 1.165) is 13.1 Å². The number of hydrogen-bond donors (Lipinski definition) is 0. The van der Waals surface area contributed by atoms with Crippen LogP contribution in [-0.4, -0.2) is 13.1 Å². The van der Waals surface area contributed by atoms with Crippen molar-refractivity contribution in [3.63, 3.8) is 0 Å². The van der Waals surface area contributed by atoms with Gasteiger partial charge in [0, 0.05) is 19.0 Å². The van der Waals surface area contributed by atoms with Crippen molar-refractivity contribution in [2.24, 2.45) is 5.92 Å². The third-order valence-electron chi connectivity index (χ3n) is 3.63. The van der Waals surface area contributed by atoms with Crippen LogP contribution in [0.15, 0.2) is 24.3 Å². The zero-order valence-electron chi connectivity index (χ0n) is 10.8. The molecular formula is C15H22N. The third-order valence-corrected chi connectivity index (χ3v) is 3.63. The predicted molar refractivity (Wildman–Crippen MR) is 68.9 cm³/mol. The number of nitrogens with zero attached hydrogens (tertiary/aromatic N) is 1. The Morgan fingerprint density at radius 3 is 2.12 bits per heavy atom. The van der Waals surface area contributed by atoms with Crippen LogP contribution >= 0.6 is 0 Å². The number of benzene rings is 1. The van der Waals surface area contributed by atoms with E-state index in [9.17, 15) is 0 Å². The van der Waals surface area contributed by atoms with E-state index in [2.05, 4.69) is 57.3 Å². The zero-order valence-corrected chi connectivity index (χ0v) is 10.8. The average Bonchev–Trinajstić information content (AvgIpc) is 2.63. The minimum atomic E-state index is 0.254. The highest BCUT2D eigenvalue weighted by atomic mass is 14.9. The van der Waals surface area contributed by atoms with Crippen LogP contribution in [-0.2, 0) is 5.41 Å². The summed E-state index contributed by atoms with van der Waals surface area (Å²) in [4.78, 5) is 0. The highest BCUT2D eigenvalue weighted by molar-refractivity contribution is 5.30. The summed E-state index contributed by atoms with van der Waals surface area (Å²) < 4.78 is 0. The SMILES string of the molecule is CC1C[N]CC1c1ccc(C(C)(C)C)cc1. The fraction of sp³-hybridized carbons (Fsp3) is 0.600. The summed E-state index contributed by atoms with van der Waals surface area (Å²) >= 11 is 0. The van der Waals surface area contributed by atoms with Gasteiger partial charge >= 0.3 is 0 Å². The van der Waals surface area contributed by atoms with E-state index in [1.165, 1.54) is 11.1 Å². The van der Waals surface area contributed by atoms with Gasteiger partial charge in [0.05, 0.1) is 0 Å². The van der Waals surface area contributed by atoms with Crippen LogP contribution in [0.2, 0.25) is 0 Å². The van der Waals surface area contributed by atoms with Gasteiger partial charge in [-0.15, -0.1) is 0 Å². The van der Waals surface area contributed by atoms with Crippen molar-refractivity contribution in [1.82, 2.24) is 5.32 Å². The standard InChI is InChI=1S/C15H22N/c1-11-9-16-10-14(11)12-5-7-13(8-6-12)15(2,3)4/h5-8,11,14H,9-10H2,1-4H3. The molecule has 0 N–H and O–H groups in total. The lowest BCUT2D eigenvalue weighted by Crippen LogP contribution is -2.12. The van der Waals surface area contributed by atoms with E-state index in [4.69, 9.17) is 0 Å². The molecule has 16 heavy (non-hydrogen) atoms. The van der Waals surface area contributed by atoms with E-state index in [0.29, 0.717) is 11.8 Å². The molecule has 0 amide bonds. The van der Waals surface area contributed by atoms with E-state index in [1.807, 2.05) is 0 Å². The molecule has 0 aliphatic carbocycles. The average molecular weight is 216 g/mol. The van der Waals surface area contributed by atoms with Crippen LogP contribution in [0.4, 0.5) is 0 Å². The summed E-state index contributed by atoms with van der Waals surface area (Å²) in [6.45, 7) is 11.1. The van der Waals surface area contributed by atoms with Crippen LogP contribution in [0.5, 0.6) is 0 Å². The first kappa shape index (κ1) is 11.7. The van der Waals surface area contributed by atoms with Gasteiger partial charge in [0.25, 0.3) is 0 Å². The molecule has 0 spiro atoms. The minimum Gasteiger partial charge on any atom is -0.241 e. The normalized spacial score (nSPS) is 26.0. The van der Waals surface area contributed by atoms with Gasteiger partial charge < -0.3 is 0 Å². The van der Waals surface area contributed by atoms with Crippen molar-refractivity contribution in [3.05, 3.63) is 35.4 Å². The molecule has 0 saturated carbocycles. The quantitative estimate of drug-likeness (QED) is 0.683. The Bertz CT molecular complexity index is 345. The molecule has 1 saturated heterocycles. The topological polar surface area (TPSA) is 14.1 Å². The summed E-state index contributed by atoms with van der Waals surface area (Å²) in [5.74, 6) is 1.36. The molecule has 0 bridgehead atoms. The van der Waals surface area contributed by atoms with Crippen molar-refractivity contribution in [1.29, 1.82) is 0 Å². The van der Waals surface area contributed by atoms with Crippen LogP contribution < -0.4 is 5.32 Å². The van der Waals surface area contributed by atoms with E-state index >= 15 is 0 Å². The van der Waals surface area contributed by atoms with Crippen molar-refractivity contribution in [3.8, 4) is 0 Å². The molecule has 87 valence electrons. The Morgan fingerprint density at radius 2 is 1.69 bits per heavy atom. The lowest BCUT2D eigenvalue weighted by atomic mass is 9.84. The summed E-state index contributed by atoms with van der Waals surface area (Å²) in [5, 5.41) is 4.49. The fourth-order valence-electron chi connectivity index (χ4n) is 2.39. The summed E-state index contributed by atoms with van der Waals surface area (Å²) in [6.07, 6.45) is 0. The van der Waals surface area contributed by atoms with Crippen LogP contribution in [0.3, 0.4) is 0 Å². The molecule has 1 aromatic carbocycles. The second kappa shape index (κ2) is 4.21. The fourth-order valence-corrected chi connectivity index (χ4v) is 2.39. The first-order valence-electron chi connectivity index (χ1n) is 6.22. The molecule has 1 heteroatoms. The van der Waals surface area contributed by atoms with Crippen LogP contribution in [0, 0.1) is 5.92 Å². The van der Waals surface area contributed by atoms with Crippen LogP contribution in [0.25, 0.3) is 0 Å². The second-order valence-corrected chi connectivity index (χ2v) is 6.04. The minimum absolute atomic E-state index is 0.254. The molecule has 1 heterocycles. The summed E-state index contributed by atoms with van der Waals surface area (Å²) in [7, 11) is 0. The number of rotatable bonds is 1. The lowest BCUT2D eigenvalue weighted by molar-refractivity contribution is 0.568. The monoisotopic (exact) mass is 216 g/mol. The molecule has 1 aliphatic rings. The third kappa shape index (κ3) is 2.30. The Balaban J connectivity index is 2.19. The summed E-state index contributed by atoms with van der Waals surface area (Å²) in [6, 6.07) is 9.14. The molecule has 1 nitrogen and oxygen atoms in total. The Labute approximate surface area is 99.3 Å². The predicted octanol–water partition coefficient (Wildman–Crippen LogP) is 3.32. The largest absolute Gasteiger partial charge is 0.241 e. The molecule has 1 radical (unpaired) electrons. The molecular weight excluding hydrogens is 194 g/mol. The summed E-state index contributed by atoms with van der Waals surface area (Å²) in [5.41, 5.74) is 3.13. The van der Waals surface area contributed by atoms with Gasteiger partial charge in [0.2, 0.25) is 0 Å². The van der Waals surface area contributed by atoms with E-state index < -0.39 is 0 Å². The number of hydrogen-bond acceptors (Lipinski definition) is 0. The van der Waals surface area contributed by atoms with Crippen molar-refractivity contribution in [2.45, 2.75) is 39.0 Å². The van der Waals surface area contributed by atoms with Gasteiger partial charge in [-0.25, -0.2) is 5.32 Å². The molecule has 1 fully saturated rings. The van der Waals surface area contributed by atoms with Crippen LogP contribution in [0.1, 0.15) is 44.7 Å². The Morgan fingerprint density at radius 1 is 1.06 bits per heavy atom. The Hall–Kier alpha value is -0.820. The van der Waals surface area contributed by atoms with Gasteiger partial charge in [0.15, 0.2) is 0 Å². The van der Waals surface area contributed by atoms with Gasteiger partial charge in [-0.3, -0.25) is 0 Å². The van der Waals surface area contributed by atoms with E-state index in [1.54, 1.807) is 0 Å². The smallest absolute Gasteiger partial charge is 0.0205 e. The van der Waals surface area contributed by atoms with Crippen molar-refractivity contribution < 1.29 is 0 Å². The van der Waals surface area contributed by atoms with E-state index in [-0.39, 0.29) is 5.41 Å². The van der Waals surface area contributed by atoms with Crippen molar-refractivity contribution >= 4 is 0 Å². The van der Waals surface area contributed by atoms with Gasteiger partial charge in [0.1, 0.15) is 0 Å².